The van der Waals surface area contributed by atoms with Crippen molar-refractivity contribution in [2.45, 2.75) is 39.5 Å². The van der Waals surface area contributed by atoms with Gasteiger partial charge in [0.05, 0.1) is 12.1 Å². The number of carbonyl (C=O) groups excluding carboxylic acids is 2. The zero-order valence-electron chi connectivity index (χ0n) is 11.2. The number of piperidine rings is 1. The first kappa shape index (κ1) is 13.5. The summed E-state index contributed by atoms with van der Waals surface area (Å²) in [6.07, 6.45) is 2.80. The average molecular weight is 259 g/mol. The Morgan fingerprint density at radius 3 is 1.79 bits per heavy atom. The van der Waals surface area contributed by atoms with E-state index < -0.39 is 29.1 Å². The molecule has 0 aromatic carbocycles. The summed E-state index contributed by atoms with van der Waals surface area (Å²) in [7, 11) is 0. The van der Waals surface area contributed by atoms with Gasteiger partial charge in [-0.3, -0.25) is 14.9 Å². The number of nitriles is 2. The molecule has 1 heterocycles. The summed E-state index contributed by atoms with van der Waals surface area (Å²) in [5.74, 6) is -2.88. The van der Waals surface area contributed by atoms with E-state index in [0.717, 1.165) is 12.8 Å². The number of imide groups is 1. The molecule has 1 saturated heterocycles. The molecule has 1 spiro atoms. The summed E-state index contributed by atoms with van der Waals surface area (Å²) in [5, 5.41) is 20.7. The van der Waals surface area contributed by atoms with Crippen molar-refractivity contribution >= 4 is 11.8 Å². The van der Waals surface area contributed by atoms with Crippen LogP contribution in [0.3, 0.4) is 0 Å². The summed E-state index contributed by atoms with van der Waals surface area (Å²) in [4.78, 5) is 23.7. The van der Waals surface area contributed by atoms with Crippen LogP contribution in [0.25, 0.3) is 0 Å². The molecule has 2 aliphatic rings. The van der Waals surface area contributed by atoms with Gasteiger partial charge in [-0.2, -0.15) is 10.5 Å². The van der Waals surface area contributed by atoms with E-state index in [1.165, 1.54) is 0 Å². The van der Waals surface area contributed by atoms with E-state index in [1.807, 2.05) is 12.1 Å². The summed E-state index contributed by atoms with van der Waals surface area (Å²) in [5.41, 5.74) is -0.652. The number of rotatable bonds is 0. The third-order valence-corrected chi connectivity index (χ3v) is 4.71. The van der Waals surface area contributed by atoms with Gasteiger partial charge in [-0.15, -0.1) is 0 Å². The maximum absolute atomic E-state index is 11.9. The Morgan fingerprint density at radius 1 is 1.00 bits per heavy atom. The van der Waals surface area contributed by atoms with E-state index in [2.05, 4.69) is 19.2 Å². The molecule has 1 saturated carbocycles. The lowest BCUT2D eigenvalue weighted by molar-refractivity contribution is -0.148. The average Bonchev–Trinajstić information content (AvgIpc) is 2.33. The lowest BCUT2D eigenvalue weighted by Gasteiger charge is -2.48. The van der Waals surface area contributed by atoms with Crippen LogP contribution in [0.2, 0.25) is 0 Å². The number of carbonyl (C=O) groups is 2. The molecule has 2 fully saturated rings. The van der Waals surface area contributed by atoms with Crippen molar-refractivity contribution in [2.75, 3.05) is 0 Å². The highest BCUT2D eigenvalue weighted by atomic mass is 16.2. The number of nitrogens with zero attached hydrogens (tertiary/aromatic N) is 2. The van der Waals surface area contributed by atoms with Gasteiger partial charge in [0.1, 0.15) is 11.8 Å². The van der Waals surface area contributed by atoms with Crippen LogP contribution < -0.4 is 5.32 Å². The molecule has 0 aromatic heterocycles. The molecule has 1 aliphatic carbocycles. The van der Waals surface area contributed by atoms with Gasteiger partial charge in [-0.1, -0.05) is 13.8 Å². The number of nitrogens with one attached hydrogen (secondary N) is 1. The van der Waals surface area contributed by atoms with Crippen LogP contribution >= 0.6 is 0 Å². The molecule has 2 amide bonds. The van der Waals surface area contributed by atoms with Crippen molar-refractivity contribution in [1.29, 1.82) is 10.5 Å². The first-order valence-electron chi connectivity index (χ1n) is 6.50. The fourth-order valence-electron chi connectivity index (χ4n) is 3.30. The monoisotopic (exact) mass is 259 g/mol. The smallest absolute Gasteiger partial charge is 0.244 e. The van der Waals surface area contributed by atoms with E-state index in [0.29, 0.717) is 12.8 Å². The van der Waals surface area contributed by atoms with Gasteiger partial charge in [-0.25, -0.2) is 0 Å². The van der Waals surface area contributed by atoms with E-state index in [1.54, 1.807) is 0 Å². The van der Waals surface area contributed by atoms with Crippen LogP contribution in [0.1, 0.15) is 39.5 Å². The predicted molar refractivity (Wildman–Crippen MR) is 66.0 cm³/mol. The first-order chi connectivity index (χ1) is 8.86. The van der Waals surface area contributed by atoms with Crippen LogP contribution in [-0.2, 0) is 9.59 Å². The number of hydrogen-bond donors (Lipinski definition) is 1. The lowest BCUT2D eigenvalue weighted by Crippen LogP contribution is -2.58. The highest BCUT2D eigenvalue weighted by Gasteiger charge is 2.57. The van der Waals surface area contributed by atoms with Crippen molar-refractivity contribution in [3.8, 4) is 12.1 Å². The van der Waals surface area contributed by atoms with E-state index >= 15 is 0 Å². The Bertz CT molecular complexity index is 466. The largest absolute Gasteiger partial charge is 0.294 e. The SMILES string of the molecule is CC1(C)CCC2(CC1)C(C#N)C(=O)NC(=O)C2C#N. The Balaban J connectivity index is 2.42. The summed E-state index contributed by atoms with van der Waals surface area (Å²) < 4.78 is 0. The normalized spacial score (nSPS) is 32.2. The quantitative estimate of drug-likeness (QED) is 0.667. The molecule has 0 aromatic rings. The van der Waals surface area contributed by atoms with Crippen molar-refractivity contribution in [2.24, 2.45) is 22.7 Å². The molecule has 2 atom stereocenters. The summed E-state index contributed by atoms with van der Waals surface area (Å²) in [6.45, 7) is 4.26. The van der Waals surface area contributed by atoms with Crippen LogP contribution in [0.15, 0.2) is 0 Å². The van der Waals surface area contributed by atoms with Crippen molar-refractivity contribution in [1.82, 2.24) is 5.32 Å². The van der Waals surface area contributed by atoms with Crippen molar-refractivity contribution < 1.29 is 9.59 Å². The van der Waals surface area contributed by atoms with Crippen LogP contribution in [-0.4, -0.2) is 11.8 Å². The van der Waals surface area contributed by atoms with Crippen LogP contribution in [0, 0.1) is 45.3 Å². The molecular formula is C14H17N3O2. The highest BCUT2D eigenvalue weighted by molar-refractivity contribution is 6.03. The fourth-order valence-corrected chi connectivity index (χ4v) is 3.30. The Hall–Kier alpha value is -1.88. The second-order valence-electron chi connectivity index (χ2n) is 6.38. The zero-order chi connectivity index (χ0) is 14.3. The molecule has 100 valence electrons. The minimum atomic E-state index is -0.897. The molecule has 0 bridgehead atoms. The maximum atomic E-state index is 11.9. The third-order valence-electron chi connectivity index (χ3n) is 4.71. The third kappa shape index (κ3) is 2.00. The molecule has 2 rings (SSSR count). The minimum absolute atomic E-state index is 0.141. The first-order valence-corrected chi connectivity index (χ1v) is 6.50. The van der Waals surface area contributed by atoms with Gasteiger partial charge in [0, 0.05) is 5.41 Å². The van der Waals surface area contributed by atoms with Gasteiger partial charge in [0.25, 0.3) is 0 Å². The molecule has 5 heteroatoms. The van der Waals surface area contributed by atoms with E-state index in [-0.39, 0.29) is 5.41 Å². The van der Waals surface area contributed by atoms with Crippen LogP contribution in [0.4, 0.5) is 0 Å². The second kappa shape index (κ2) is 4.35. The molecule has 2 unspecified atom stereocenters. The topological polar surface area (TPSA) is 93.8 Å². The highest BCUT2D eigenvalue weighted by Crippen LogP contribution is 2.54. The predicted octanol–water partition coefficient (Wildman–Crippen LogP) is 1.51. The molecule has 19 heavy (non-hydrogen) atoms. The fraction of sp³-hybridized carbons (Fsp3) is 0.714. The number of amides is 2. The molecule has 1 aliphatic heterocycles. The van der Waals surface area contributed by atoms with Crippen molar-refractivity contribution in [3.63, 3.8) is 0 Å². The molecule has 0 radical (unpaired) electrons. The van der Waals surface area contributed by atoms with Gasteiger partial charge < -0.3 is 0 Å². The number of hydrogen-bond acceptors (Lipinski definition) is 4. The minimum Gasteiger partial charge on any atom is -0.294 e. The van der Waals surface area contributed by atoms with Gasteiger partial charge in [0.15, 0.2) is 0 Å². The second-order valence-corrected chi connectivity index (χ2v) is 6.38. The van der Waals surface area contributed by atoms with Gasteiger partial charge in [-0.05, 0) is 31.1 Å². The standard InChI is InChI=1S/C14H17N3O2/c1-13(2)3-5-14(6-4-13)9(7-15)11(18)17-12(19)10(14)8-16/h9-10H,3-6H2,1-2H3,(H,17,18,19). The molecular weight excluding hydrogens is 242 g/mol. The Kier molecular flexibility index (Phi) is 3.10. The van der Waals surface area contributed by atoms with E-state index in [4.69, 9.17) is 0 Å². The zero-order valence-corrected chi connectivity index (χ0v) is 11.2. The Labute approximate surface area is 112 Å². The van der Waals surface area contributed by atoms with Gasteiger partial charge in [0.2, 0.25) is 11.8 Å². The van der Waals surface area contributed by atoms with Crippen LogP contribution in [0.5, 0.6) is 0 Å². The van der Waals surface area contributed by atoms with Crippen molar-refractivity contribution in [3.05, 3.63) is 0 Å². The lowest BCUT2D eigenvalue weighted by atomic mass is 9.54. The van der Waals surface area contributed by atoms with E-state index in [9.17, 15) is 20.1 Å². The Morgan fingerprint density at radius 2 is 1.42 bits per heavy atom. The molecule has 5 nitrogen and oxygen atoms in total. The molecule has 1 N–H and O–H groups in total. The maximum Gasteiger partial charge on any atom is 0.244 e. The summed E-state index contributed by atoms with van der Waals surface area (Å²) in [6, 6.07) is 4.02. The summed E-state index contributed by atoms with van der Waals surface area (Å²) >= 11 is 0. The van der Waals surface area contributed by atoms with Gasteiger partial charge >= 0.3 is 0 Å².